The average Bonchev–Trinajstić information content (AvgIpc) is 2.45. The van der Waals surface area contributed by atoms with E-state index in [1.54, 1.807) is 12.1 Å². The summed E-state index contributed by atoms with van der Waals surface area (Å²) in [6, 6.07) is 5.80. The Balaban J connectivity index is 3.05. The van der Waals surface area contributed by atoms with Crippen LogP contribution in [0.4, 0.5) is 10.1 Å². The molecule has 0 aromatic heterocycles. The zero-order chi connectivity index (χ0) is 15.1. The summed E-state index contributed by atoms with van der Waals surface area (Å²) in [5.74, 6) is -0.160. The van der Waals surface area contributed by atoms with E-state index >= 15 is 0 Å². The third-order valence-electron chi connectivity index (χ3n) is 4.03. The van der Waals surface area contributed by atoms with E-state index < -0.39 is 0 Å². The van der Waals surface area contributed by atoms with Crippen molar-refractivity contribution in [3.63, 3.8) is 0 Å². The lowest BCUT2D eigenvalue weighted by Crippen LogP contribution is -2.32. The van der Waals surface area contributed by atoms with E-state index in [1.807, 2.05) is 6.07 Å². The lowest BCUT2D eigenvalue weighted by molar-refractivity contribution is 0.550. The SMILES string of the molecule is CCCNC(C)c1cc(F)ccc1N(C)C(CC)CC. The predicted molar refractivity (Wildman–Crippen MR) is 85.9 cm³/mol. The van der Waals surface area contributed by atoms with Crippen molar-refractivity contribution in [2.45, 2.75) is 59.0 Å². The van der Waals surface area contributed by atoms with E-state index in [0.717, 1.165) is 37.1 Å². The van der Waals surface area contributed by atoms with Gasteiger partial charge in [0.2, 0.25) is 0 Å². The summed E-state index contributed by atoms with van der Waals surface area (Å²) in [5.41, 5.74) is 2.18. The molecule has 1 rings (SSSR count). The fraction of sp³-hybridized carbons (Fsp3) is 0.647. The van der Waals surface area contributed by atoms with Crippen molar-refractivity contribution in [1.82, 2.24) is 5.32 Å². The van der Waals surface area contributed by atoms with Gasteiger partial charge in [-0.2, -0.15) is 0 Å². The second-order valence-corrected chi connectivity index (χ2v) is 5.46. The Morgan fingerprint density at radius 2 is 1.85 bits per heavy atom. The van der Waals surface area contributed by atoms with E-state index in [9.17, 15) is 4.39 Å². The molecule has 0 fully saturated rings. The number of hydrogen-bond donors (Lipinski definition) is 1. The van der Waals surface area contributed by atoms with Crippen molar-refractivity contribution >= 4 is 5.69 Å². The first-order chi connectivity index (χ1) is 9.54. The lowest BCUT2D eigenvalue weighted by Gasteiger charge is -2.32. The van der Waals surface area contributed by atoms with Crippen molar-refractivity contribution in [2.75, 3.05) is 18.5 Å². The molecule has 20 heavy (non-hydrogen) atoms. The third-order valence-corrected chi connectivity index (χ3v) is 4.03. The Labute approximate surface area is 123 Å². The maximum Gasteiger partial charge on any atom is 0.123 e. The molecule has 0 radical (unpaired) electrons. The van der Waals surface area contributed by atoms with Crippen LogP contribution in [0.1, 0.15) is 58.6 Å². The molecule has 2 nitrogen and oxygen atoms in total. The van der Waals surface area contributed by atoms with Gasteiger partial charge in [0.15, 0.2) is 0 Å². The Morgan fingerprint density at radius 3 is 2.40 bits per heavy atom. The number of rotatable bonds is 8. The van der Waals surface area contributed by atoms with Crippen LogP contribution >= 0.6 is 0 Å². The minimum atomic E-state index is -0.160. The van der Waals surface area contributed by atoms with Gasteiger partial charge in [0.1, 0.15) is 5.82 Å². The summed E-state index contributed by atoms with van der Waals surface area (Å²) >= 11 is 0. The van der Waals surface area contributed by atoms with Gasteiger partial charge in [-0.15, -0.1) is 0 Å². The van der Waals surface area contributed by atoms with E-state index in [1.165, 1.54) is 0 Å². The summed E-state index contributed by atoms with van der Waals surface area (Å²) in [4.78, 5) is 2.29. The first kappa shape index (κ1) is 17.0. The topological polar surface area (TPSA) is 15.3 Å². The Morgan fingerprint density at radius 1 is 1.20 bits per heavy atom. The molecule has 1 N–H and O–H groups in total. The van der Waals surface area contributed by atoms with Crippen LogP contribution in [0.25, 0.3) is 0 Å². The molecule has 0 amide bonds. The van der Waals surface area contributed by atoms with Crippen molar-refractivity contribution in [3.8, 4) is 0 Å². The normalized spacial score (nSPS) is 12.8. The van der Waals surface area contributed by atoms with E-state index in [2.05, 4.69) is 45.0 Å². The van der Waals surface area contributed by atoms with Gasteiger partial charge in [-0.25, -0.2) is 4.39 Å². The molecule has 0 aliphatic rings. The average molecular weight is 280 g/mol. The highest BCUT2D eigenvalue weighted by Gasteiger charge is 2.18. The summed E-state index contributed by atoms with van der Waals surface area (Å²) in [6.07, 6.45) is 3.28. The molecule has 3 heteroatoms. The molecule has 0 spiro atoms. The van der Waals surface area contributed by atoms with E-state index in [0.29, 0.717) is 6.04 Å². The highest BCUT2D eigenvalue weighted by atomic mass is 19.1. The van der Waals surface area contributed by atoms with Crippen molar-refractivity contribution in [3.05, 3.63) is 29.6 Å². The fourth-order valence-corrected chi connectivity index (χ4v) is 2.70. The van der Waals surface area contributed by atoms with Crippen molar-refractivity contribution in [2.24, 2.45) is 0 Å². The van der Waals surface area contributed by atoms with Gasteiger partial charge in [0.05, 0.1) is 0 Å². The molecular formula is C17H29FN2. The molecule has 1 aromatic carbocycles. The number of benzene rings is 1. The van der Waals surface area contributed by atoms with Gasteiger partial charge in [0, 0.05) is 24.8 Å². The largest absolute Gasteiger partial charge is 0.371 e. The Kier molecular flexibility index (Phi) is 7.00. The summed E-state index contributed by atoms with van der Waals surface area (Å²) in [7, 11) is 2.11. The number of anilines is 1. The second kappa shape index (κ2) is 8.25. The van der Waals surface area contributed by atoms with Crippen LogP contribution in [0.15, 0.2) is 18.2 Å². The molecule has 114 valence electrons. The maximum atomic E-state index is 13.6. The highest BCUT2D eigenvalue weighted by Crippen LogP contribution is 2.29. The molecule has 1 unspecified atom stereocenters. The molecular weight excluding hydrogens is 251 g/mol. The van der Waals surface area contributed by atoms with Crippen molar-refractivity contribution in [1.29, 1.82) is 0 Å². The third kappa shape index (κ3) is 4.20. The molecule has 0 aliphatic carbocycles. The quantitative estimate of drug-likeness (QED) is 0.753. The molecule has 0 heterocycles. The molecule has 0 saturated heterocycles. The smallest absolute Gasteiger partial charge is 0.123 e. The summed E-state index contributed by atoms with van der Waals surface area (Å²) in [6.45, 7) is 9.60. The van der Waals surface area contributed by atoms with Crippen LogP contribution < -0.4 is 10.2 Å². The molecule has 1 atom stereocenters. The van der Waals surface area contributed by atoms with Crippen LogP contribution in [0.3, 0.4) is 0 Å². The van der Waals surface area contributed by atoms with Crippen LogP contribution in [-0.4, -0.2) is 19.6 Å². The summed E-state index contributed by atoms with van der Waals surface area (Å²) < 4.78 is 13.6. The van der Waals surface area contributed by atoms with Crippen LogP contribution in [-0.2, 0) is 0 Å². The predicted octanol–water partition coefficient (Wildman–Crippen LogP) is 4.51. The second-order valence-electron chi connectivity index (χ2n) is 5.46. The van der Waals surface area contributed by atoms with Gasteiger partial charge in [0.25, 0.3) is 0 Å². The van der Waals surface area contributed by atoms with E-state index in [-0.39, 0.29) is 11.9 Å². The summed E-state index contributed by atoms with van der Waals surface area (Å²) in [5, 5.41) is 3.45. The van der Waals surface area contributed by atoms with Crippen LogP contribution in [0.5, 0.6) is 0 Å². The standard InChI is InChI=1S/C17H29FN2/c1-6-11-19-13(4)16-12-14(18)9-10-17(16)20(5)15(7-2)8-3/h9-10,12-13,15,19H,6-8,11H2,1-5H3. The Hall–Kier alpha value is -1.09. The molecule has 0 aliphatic heterocycles. The van der Waals surface area contributed by atoms with Crippen molar-refractivity contribution < 1.29 is 4.39 Å². The highest BCUT2D eigenvalue weighted by molar-refractivity contribution is 5.55. The minimum absolute atomic E-state index is 0.160. The number of hydrogen-bond acceptors (Lipinski definition) is 2. The zero-order valence-corrected chi connectivity index (χ0v) is 13.5. The molecule has 1 aromatic rings. The Bertz CT molecular complexity index is 402. The van der Waals surface area contributed by atoms with Gasteiger partial charge < -0.3 is 10.2 Å². The first-order valence-corrected chi connectivity index (χ1v) is 7.80. The zero-order valence-electron chi connectivity index (χ0n) is 13.5. The fourth-order valence-electron chi connectivity index (χ4n) is 2.70. The molecule has 0 saturated carbocycles. The van der Waals surface area contributed by atoms with Gasteiger partial charge in [-0.1, -0.05) is 20.8 Å². The minimum Gasteiger partial charge on any atom is -0.371 e. The monoisotopic (exact) mass is 280 g/mol. The first-order valence-electron chi connectivity index (χ1n) is 7.80. The van der Waals surface area contributed by atoms with Gasteiger partial charge in [-0.3, -0.25) is 0 Å². The van der Waals surface area contributed by atoms with Gasteiger partial charge in [-0.05, 0) is 56.5 Å². The van der Waals surface area contributed by atoms with Gasteiger partial charge >= 0.3 is 0 Å². The number of nitrogens with zero attached hydrogens (tertiary/aromatic N) is 1. The maximum absolute atomic E-state index is 13.6. The van der Waals surface area contributed by atoms with E-state index in [4.69, 9.17) is 0 Å². The lowest BCUT2D eigenvalue weighted by atomic mass is 10.0. The van der Waals surface area contributed by atoms with Crippen LogP contribution in [0.2, 0.25) is 0 Å². The van der Waals surface area contributed by atoms with Crippen LogP contribution in [0, 0.1) is 5.82 Å². The number of halogens is 1. The number of nitrogens with one attached hydrogen (secondary N) is 1. The molecule has 0 bridgehead atoms.